The van der Waals surface area contributed by atoms with Crippen molar-refractivity contribution in [2.24, 2.45) is 0 Å². The Morgan fingerprint density at radius 1 is 1.27 bits per heavy atom. The number of urea groups is 1. The minimum absolute atomic E-state index is 0.125. The third-order valence-electron chi connectivity index (χ3n) is 3.67. The van der Waals surface area contributed by atoms with Crippen LogP contribution in [0, 0.1) is 0 Å². The van der Waals surface area contributed by atoms with Crippen LogP contribution in [0.4, 0.5) is 16.2 Å². The van der Waals surface area contributed by atoms with Crippen molar-refractivity contribution < 1.29 is 9.53 Å². The van der Waals surface area contributed by atoms with E-state index in [0.717, 1.165) is 6.42 Å². The average molecular weight is 356 g/mol. The Morgan fingerprint density at radius 2 is 2.08 bits per heavy atom. The van der Waals surface area contributed by atoms with Crippen LogP contribution >= 0.6 is 0 Å². The van der Waals surface area contributed by atoms with Gasteiger partial charge in [-0.2, -0.15) is 4.52 Å². The van der Waals surface area contributed by atoms with Crippen LogP contribution in [0.5, 0.6) is 5.75 Å². The van der Waals surface area contributed by atoms with Crippen molar-refractivity contribution in [2.45, 2.75) is 26.7 Å². The largest absolute Gasteiger partial charge is 0.492 e. The Hall–Kier alpha value is -3.36. The number of rotatable bonds is 6. The van der Waals surface area contributed by atoms with Gasteiger partial charge in [0, 0.05) is 0 Å². The number of fused-ring (bicyclic) bond motifs is 1. The van der Waals surface area contributed by atoms with Crippen LogP contribution in [-0.4, -0.2) is 32.2 Å². The van der Waals surface area contributed by atoms with Crippen molar-refractivity contribution in [3.63, 3.8) is 0 Å². The molecule has 9 heteroatoms. The Bertz CT molecular complexity index is 978. The first-order chi connectivity index (χ1) is 12.6. The topological polar surface area (TPSA) is 113 Å². The average Bonchev–Trinajstić information content (AvgIpc) is 3.09. The minimum Gasteiger partial charge on any atom is -0.492 e. The van der Waals surface area contributed by atoms with Crippen molar-refractivity contribution in [3.05, 3.63) is 46.6 Å². The van der Waals surface area contributed by atoms with Gasteiger partial charge in [0.05, 0.1) is 18.0 Å². The van der Waals surface area contributed by atoms with Crippen molar-refractivity contribution in [3.8, 4) is 5.75 Å². The fraction of sp³-hybridized carbons (Fsp3) is 0.294. The molecule has 0 aliphatic carbocycles. The van der Waals surface area contributed by atoms with E-state index < -0.39 is 11.6 Å². The number of hydrogen-bond donors (Lipinski definition) is 3. The van der Waals surface area contributed by atoms with Gasteiger partial charge >= 0.3 is 6.03 Å². The lowest BCUT2D eigenvalue weighted by molar-refractivity contribution is 0.262. The number of carbonyl (C=O) groups excluding carboxylic acids is 1. The molecule has 0 saturated heterocycles. The molecular formula is C17H20N6O3. The first kappa shape index (κ1) is 17.5. The van der Waals surface area contributed by atoms with Gasteiger partial charge in [-0.25, -0.2) is 14.8 Å². The SMILES string of the molecule is CCCc1nc2nc[nH]n2c(=O)c1NC(=O)Nc1ccccc1OCC. The summed E-state index contributed by atoms with van der Waals surface area (Å²) in [5, 5.41) is 8.00. The second-order valence-electron chi connectivity index (χ2n) is 5.52. The molecule has 2 heterocycles. The Morgan fingerprint density at radius 3 is 2.85 bits per heavy atom. The molecule has 0 unspecified atom stereocenters. The van der Waals surface area contributed by atoms with Crippen LogP contribution in [-0.2, 0) is 6.42 Å². The van der Waals surface area contributed by atoms with Crippen LogP contribution in [0.3, 0.4) is 0 Å². The molecule has 2 aromatic heterocycles. The normalized spacial score (nSPS) is 10.7. The summed E-state index contributed by atoms with van der Waals surface area (Å²) in [4.78, 5) is 33.4. The Labute approximate surface area is 149 Å². The van der Waals surface area contributed by atoms with Gasteiger partial charge in [0.1, 0.15) is 17.8 Å². The lowest BCUT2D eigenvalue weighted by Crippen LogP contribution is -2.28. The molecule has 0 radical (unpaired) electrons. The van der Waals surface area contributed by atoms with E-state index in [-0.39, 0.29) is 11.5 Å². The number of aromatic nitrogens is 4. The number of ether oxygens (including phenoxy) is 1. The highest BCUT2D eigenvalue weighted by Crippen LogP contribution is 2.24. The number of amides is 2. The van der Waals surface area contributed by atoms with E-state index in [0.29, 0.717) is 30.2 Å². The molecular weight excluding hydrogens is 336 g/mol. The molecule has 0 atom stereocenters. The van der Waals surface area contributed by atoms with Crippen molar-refractivity contribution >= 4 is 23.2 Å². The number of nitrogens with one attached hydrogen (secondary N) is 3. The van der Waals surface area contributed by atoms with Gasteiger partial charge in [-0.15, -0.1) is 0 Å². The number of aromatic amines is 1. The summed E-state index contributed by atoms with van der Waals surface area (Å²) in [6, 6.07) is 6.53. The van der Waals surface area contributed by atoms with Gasteiger partial charge < -0.3 is 15.4 Å². The predicted molar refractivity (Wildman–Crippen MR) is 97.9 cm³/mol. The number of anilines is 2. The highest BCUT2D eigenvalue weighted by Gasteiger charge is 2.17. The van der Waals surface area contributed by atoms with Gasteiger partial charge in [-0.1, -0.05) is 25.5 Å². The zero-order valence-corrected chi connectivity index (χ0v) is 14.6. The van der Waals surface area contributed by atoms with Gasteiger partial charge in [0.2, 0.25) is 0 Å². The van der Waals surface area contributed by atoms with Crippen molar-refractivity contribution in [1.29, 1.82) is 0 Å². The molecule has 0 fully saturated rings. The molecule has 26 heavy (non-hydrogen) atoms. The number of para-hydroxylation sites is 2. The third kappa shape index (κ3) is 3.51. The summed E-state index contributed by atoms with van der Waals surface area (Å²) in [6.07, 6.45) is 2.70. The molecule has 1 aromatic carbocycles. The highest BCUT2D eigenvalue weighted by atomic mass is 16.5. The zero-order chi connectivity index (χ0) is 18.5. The summed E-state index contributed by atoms with van der Waals surface area (Å²) in [7, 11) is 0. The maximum Gasteiger partial charge on any atom is 0.323 e. The standard InChI is InChI=1S/C17H20N6O3/c1-3-7-12-14(15(24)23-16(20-12)18-10-19-23)22-17(25)21-11-8-5-6-9-13(11)26-4-2/h5-6,8-10H,3-4,7H2,1-2H3,(H,18,19,20)(H2,21,22,25). The number of aryl methyl sites for hydroxylation is 1. The van der Waals surface area contributed by atoms with Gasteiger partial charge in [-0.05, 0) is 25.5 Å². The molecule has 3 aromatic rings. The van der Waals surface area contributed by atoms with Crippen LogP contribution in [0.25, 0.3) is 5.78 Å². The van der Waals surface area contributed by atoms with E-state index in [1.165, 1.54) is 10.8 Å². The minimum atomic E-state index is -0.548. The lowest BCUT2D eigenvalue weighted by atomic mass is 10.2. The van der Waals surface area contributed by atoms with Crippen LogP contribution in [0.15, 0.2) is 35.4 Å². The monoisotopic (exact) mass is 356 g/mol. The molecule has 3 N–H and O–H groups in total. The number of benzene rings is 1. The summed E-state index contributed by atoms with van der Waals surface area (Å²) in [6.45, 7) is 4.30. The summed E-state index contributed by atoms with van der Waals surface area (Å²) in [5.74, 6) is 0.823. The Kier molecular flexibility index (Phi) is 5.16. The number of H-pyrrole nitrogens is 1. The van der Waals surface area contributed by atoms with Gasteiger partial charge in [0.25, 0.3) is 11.3 Å². The highest BCUT2D eigenvalue weighted by molar-refractivity contribution is 6.00. The molecule has 0 saturated carbocycles. The van der Waals surface area contributed by atoms with Gasteiger partial charge in [0.15, 0.2) is 0 Å². The number of carbonyl (C=O) groups is 1. The maximum absolute atomic E-state index is 12.6. The molecule has 2 amide bonds. The third-order valence-corrected chi connectivity index (χ3v) is 3.67. The molecule has 0 bridgehead atoms. The molecule has 3 rings (SSSR count). The van der Waals surface area contributed by atoms with Crippen molar-refractivity contribution in [2.75, 3.05) is 17.2 Å². The fourth-order valence-electron chi connectivity index (χ4n) is 2.56. The zero-order valence-electron chi connectivity index (χ0n) is 14.6. The molecule has 0 aliphatic heterocycles. The lowest BCUT2D eigenvalue weighted by Gasteiger charge is -2.13. The van der Waals surface area contributed by atoms with E-state index in [9.17, 15) is 9.59 Å². The smallest absolute Gasteiger partial charge is 0.323 e. The van der Waals surface area contributed by atoms with E-state index in [1.54, 1.807) is 18.2 Å². The van der Waals surface area contributed by atoms with E-state index in [1.807, 2.05) is 19.9 Å². The van der Waals surface area contributed by atoms with Gasteiger partial charge in [-0.3, -0.25) is 9.89 Å². The van der Waals surface area contributed by atoms with Crippen LogP contribution in [0.2, 0.25) is 0 Å². The summed E-state index contributed by atoms with van der Waals surface area (Å²) < 4.78 is 6.67. The molecule has 9 nitrogen and oxygen atoms in total. The Balaban J connectivity index is 1.88. The summed E-state index contributed by atoms with van der Waals surface area (Å²) in [5.41, 5.74) is 0.724. The quantitative estimate of drug-likeness (QED) is 0.628. The second kappa shape index (κ2) is 7.68. The first-order valence-corrected chi connectivity index (χ1v) is 8.38. The molecule has 0 aliphatic rings. The maximum atomic E-state index is 12.6. The molecule has 136 valence electrons. The fourth-order valence-corrected chi connectivity index (χ4v) is 2.56. The van der Waals surface area contributed by atoms with E-state index in [4.69, 9.17) is 4.74 Å². The molecule has 0 spiro atoms. The summed E-state index contributed by atoms with van der Waals surface area (Å²) >= 11 is 0. The van der Waals surface area contributed by atoms with Crippen molar-refractivity contribution in [1.82, 2.24) is 19.6 Å². The van der Waals surface area contributed by atoms with Crippen LogP contribution < -0.4 is 20.9 Å². The predicted octanol–water partition coefficient (Wildman–Crippen LogP) is 2.41. The number of nitrogens with zero attached hydrogens (tertiary/aromatic N) is 3. The first-order valence-electron chi connectivity index (χ1n) is 8.38. The number of hydrogen-bond acceptors (Lipinski definition) is 5. The van der Waals surface area contributed by atoms with E-state index in [2.05, 4.69) is 25.7 Å². The second-order valence-corrected chi connectivity index (χ2v) is 5.52. The van der Waals surface area contributed by atoms with Crippen LogP contribution in [0.1, 0.15) is 26.0 Å². The van der Waals surface area contributed by atoms with E-state index >= 15 is 0 Å².